The molecule has 6 heteroatoms. The predicted octanol–water partition coefficient (Wildman–Crippen LogP) is 2.17. The molecule has 1 amide bonds. The van der Waals surface area contributed by atoms with Crippen LogP contribution in [0.3, 0.4) is 0 Å². The number of likely N-dealkylation sites (tertiary alicyclic amines) is 1. The number of carbonyl (C=O) groups is 1. The molecule has 0 N–H and O–H groups in total. The maximum atomic E-state index is 12.1. The minimum atomic E-state index is -0.411. The second-order valence-electron chi connectivity index (χ2n) is 5.03. The summed E-state index contributed by atoms with van der Waals surface area (Å²) >= 11 is 0. The van der Waals surface area contributed by atoms with Crippen LogP contribution in [0.4, 0.5) is 5.69 Å². The summed E-state index contributed by atoms with van der Waals surface area (Å²) in [5.41, 5.74) is 0.921. The largest absolute Gasteiger partial charge is 0.341 e. The molecule has 1 aliphatic heterocycles. The minimum absolute atomic E-state index is 0.0705. The molecule has 2 heterocycles. The third-order valence-electron chi connectivity index (χ3n) is 3.73. The highest BCUT2D eigenvalue weighted by atomic mass is 16.6. The van der Waals surface area contributed by atoms with Gasteiger partial charge in [0.15, 0.2) is 0 Å². The van der Waals surface area contributed by atoms with Crippen molar-refractivity contribution in [1.82, 2.24) is 9.47 Å². The molecule has 20 heavy (non-hydrogen) atoms. The molecule has 0 spiro atoms. The number of aromatic nitrogens is 1. The highest BCUT2D eigenvalue weighted by molar-refractivity contribution is 5.85. The van der Waals surface area contributed by atoms with E-state index in [9.17, 15) is 14.9 Å². The average molecular weight is 273 g/mol. The Morgan fingerprint density at radius 1 is 1.25 bits per heavy atom. The molecule has 0 radical (unpaired) electrons. The summed E-state index contributed by atoms with van der Waals surface area (Å²) in [5.74, 6) is 0.110. The van der Waals surface area contributed by atoms with E-state index in [1.165, 1.54) is 12.1 Å². The van der Waals surface area contributed by atoms with Crippen LogP contribution in [0, 0.1) is 10.1 Å². The molecule has 1 aromatic heterocycles. The number of amides is 1. The normalized spacial score (nSPS) is 14.9. The van der Waals surface area contributed by atoms with Crippen LogP contribution in [-0.2, 0) is 11.3 Å². The second-order valence-corrected chi connectivity index (χ2v) is 5.03. The van der Waals surface area contributed by atoms with Crippen molar-refractivity contribution < 1.29 is 9.72 Å². The molecular weight excluding hydrogens is 258 g/mol. The molecule has 1 aromatic carbocycles. The molecule has 3 rings (SSSR count). The lowest BCUT2D eigenvalue weighted by Gasteiger charge is -2.15. The monoisotopic (exact) mass is 273 g/mol. The Bertz CT molecular complexity index is 671. The molecule has 104 valence electrons. The van der Waals surface area contributed by atoms with Crippen LogP contribution in [0.2, 0.25) is 0 Å². The van der Waals surface area contributed by atoms with Gasteiger partial charge in [0.1, 0.15) is 6.54 Å². The van der Waals surface area contributed by atoms with Gasteiger partial charge in [-0.05, 0) is 25.0 Å². The van der Waals surface area contributed by atoms with Gasteiger partial charge in [0.25, 0.3) is 5.69 Å². The number of nitrogens with zero attached hydrogens (tertiary/aromatic N) is 3. The van der Waals surface area contributed by atoms with Gasteiger partial charge in [0.05, 0.1) is 4.92 Å². The van der Waals surface area contributed by atoms with E-state index in [-0.39, 0.29) is 11.6 Å². The maximum absolute atomic E-state index is 12.1. The number of hydrogen-bond acceptors (Lipinski definition) is 3. The average Bonchev–Trinajstić information content (AvgIpc) is 3.07. The zero-order chi connectivity index (χ0) is 14.1. The Morgan fingerprint density at radius 2 is 2.00 bits per heavy atom. The number of carbonyl (C=O) groups excluding carboxylic acids is 1. The Morgan fingerprint density at radius 3 is 2.70 bits per heavy atom. The Balaban J connectivity index is 1.85. The zero-order valence-electron chi connectivity index (χ0n) is 11.0. The van der Waals surface area contributed by atoms with Crippen molar-refractivity contribution >= 4 is 22.5 Å². The van der Waals surface area contributed by atoms with Gasteiger partial charge < -0.3 is 9.47 Å². The minimum Gasteiger partial charge on any atom is -0.341 e. The van der Waals surface area contributed by atoms with E-state index in [4.69, 9.17) is 0 Å². The van der Waals surface area contributed by atoms with Crippen molar-refractivity contribution in [3.05, 3.63) is 40.6 Å². The van der Waals surface area contributed by atoms with E-state index in [1.807, 2.05) is 15.7 Å². The lowest BCUT2D eigenvalue weighted by atomic mass is 10.2. The number of nitro benzene ring substituents is 1. The molecule has 6 nitrogen and oxygen atoms in total. The quantitative estimate of drug-likeness (QED) is 0.635. The van der Waals surface area contributed by atoms with Crippen molar-refractivity contribution in [1.29, 1.82) is 0 Å². The molecule has 0 unspecified atom stereocenters. The lowest BCUT2D eigenvalue weighted by molar-refractivity contribution is -0.384. The van der Waals surface area contributed by atoms with Gasteiger partial charge in [0, 0.05) is 42.3 Å². The van der Waals surface area contributed by atoms with E-state index in [2.05, 4.69) is 0 Å². The fourth-order valence-corrected chi connectivity index (χ4v) is 2.65. The Kier molecular flexibility index (Phi) is 3.14. The number of rotatable bonds is 3. The van der Waals surface area contributed by atoms with Gasteiger partial charge in [-0.3, -0.25) is 14.9 Å². The maximum Gasteiger partial charge on any atom is 0.270 e. The summed E-state index contributed by atoms with van der Waals surface area (Å²) in [6.07, 6.45) is 3.96. The van der Waals surface area contributed by atoms with Crippen molar-refractivity contribution in [2.75, 3.05) is 13.1 Å². The third kappa shape index (κ3) is 2.24. The smallest absolute Gasteiger partial charge is 0.270 e. The summed E-state index contributed by atoms with van der Waals surface area (Å²) < 4.78 is 1.85. The number of benzene rings is 1. The van der Waals surface area contributed by atoms with E-state index in [0.29, 0.717) is 6.54 Å². The van der Waals surface area contributed by atoms with Crippen LogP contribution in [0.1, 0.15) is 12.8 Å². The molecule has 0 atom stereocenters. The molecule has 0 saturated carbocycles. The number of fused-ring (bicyclic) bond motifs is 1. The first-order valence-corrected chi connectivity index (χ1v) is 6.66. The van der Waals surface area contributed by atoms with Gasteiger partial charge in [-0.25, -0.2) is 0 Å². The van der Waals surface area contributed by atoms with Gasteiger partial charge in [-0.1, -0.05) is 0 Å². The SMILES string of the molecule is O=C(Cn1ccc2cc([N+](=O)[O-])ccc21)N1CCCC1. The lowest BCUT2D eigenvalue weighted by Crippen LogP contribution is -2.30. The number of non-ortho nitro benzene ring substituents is 1. The summed E-state index contributed by atoms with van der Waals surface area (Å²) in [6, 6.07) is 6.51. The van der Waals surface area contributed by atoms with Gasteiger partial charge in [-0.2, -0.15) is 0 Å². The van der Waals surface area contributed by atoms with Crippen LogP contribution >= 0.6 is 0 Å². The van der Waals surface area contributed by atoms with Crippen LogP contribution in [0.25, 0.3) is 10.9 Å². The molecule has 1 saturated heterocycles. The predicted molar refractivity (Wildman–Crippen MR) is 74.4 cm³/mol. The fraction of sp³-hybridized carbons (Fsp3) is 0.357. The van der Waals surface area contributed by atoms with Crippen LogP contribution in [0.15, 0.2) is 30.5 Å². The third-order valence-corrected chi connectivity index (χ3v) is 3.73. The van der Waals surface area contributed by atoms with Gasteiger partial charge in [0.2, 0.25) is 5.91 Å². The molecular formula is C14H15N3O3. The van der Waals surface area contributed by atoms with Gasteiger partial charge in [-0.15, -0.1) is 0 Å². The van der Waals surface area contributed by atoms with E-state index >= 15 is 0 Å². The number of nitro groups is 1. The van der Waals surface area contributed by atoms with E-state index in [0.717, 1.165) is 36.8 Å². The fourth-order valence-electron chi connectivity index (χ4n) is 2.65. The summed E-state index contributed by atoms with van der Waals surface area (Å²) in [5, 5.41) is 11.5. The van der Waals surface area contributed by atoms with Crippen molar-refractivity contribution in [3.63, 3.8) is 0 Å². The standard InChI is InChI=1S/C14H15N3O3/c18-14(15-6-1-2-7-15)10-16-8-5-11-9-12(17(19)20)3-4-13(11)16/h3-5,8-9H,1-2,6-7,10H2. The molecule has 0 bridgehead atoms. The second kappa shape index (κ2) is 4.96. The van der Waals surface area contributed by atoms with Crippen molar-refractivity contribution in [2.24, 2.45) is 0 Å². The highest BCUT2D eigenvalue weighted by Gasteiger charge is 2.18. The van der Waals surface area contributed by atoms with E-state index < -0.39 is 4.92 Å². The zero-order valence-corrected chi connectivity index (χ0v) is 11.0. The summed E-state index contributed by atoms with van der Waals surface area (Å²) in [7, 11) is 0. The van der Waals surface area contributed by atoms with Crippen LogP contribution in [-0.4, -0.2) is 33.4 Å². The first kappa shape index (κ1) is 12.7. The first-order chi connectivity index (χ1) is 9.65. The Labute approximate surface area is 115 Å². The van der Waals surface area contributed by atoms with E-state index in [1.54, 1.807) is 12.1 Å². The Hall–Kier alpha value is -2.37. The van der Waals surface area contributed by atoms with Crippen molar-refractivity contribution in [2.45, 2.75) is 19.4 Å². The molecule has 2 aromatic rings. The highest BCUT2D eigenvalue weighted by Crippen LogP contribution is 2.22. The topological polar surface area (TPSA) is 68.4 Å². The van der Waals surface area contributed by atoms with Gasteiger partial charge >= 0.3 is 0 Å². The van der Waals surface area contributed by atoms with Crippen LogP contribution < -0.4 is 0 Å². The summed E-state index contributed by atoms with van der Waals surface area (Å²) in [4.78, 5) is 24.3. The van der Waals surface area contributed by atoms with Crippen molar-refractivity contribution in [3.8, 4) is 0 Å². The molecule has 1 fully saturated rings. The summed E-state index contributed by atoms with van der Waals surface area (Å²) in [6.45, 7) is 1.97. The van der Waals surface area contributed by atoms with Crippen LogP contribution in [0.5, 0.6) is 0 Å². The first-order valence-electron chi connectivity index (χ1n) is 6.66. The number of hydrogen-bond donors (Lipinski definition) is 0. The molecule has 0 aliphatic carbocycles. The molecule has 1 aliphatic rings.